The Hall–Kier alpha value is -4.85. The Labute approximate surface area is 261 Å². The first-order valence-electron chi connectivity index (χ1n) is 13.8. The number of rotatable bonds is 7. The SMILES string of the molecule is Cc1cc(-c2ncn(-c3ccc(OC(F)(F)F)cc3)n2)ccc1NC(=O)N=C1SCC(=O)N1c1cc(N(C)C)ccc1C(C)C. The van der Waals surface area contributed by atoms with Crippen LogP contribution in [-0.4, -0.2) is 58.1 Å². The highest BCUT2D eigenvalue weighted by Crippen LogP contribution is 2.36. The van der Waals surface area contributed by atoms with E-state index in [1.54, 1.807) is 18.2 Å². The number of amides is 3. The van der Waals surface area contributed by atoms with Crippen molar-refractivity contribution in [3.63, 3.8) is 0 Å². The van der Waals surface area contributed by atoms with Gasteiger partial charge in [0.05, 0.1) is 17.1 Å². The van der Waals surface area contributed by atoms with Gasteiger partial charge in [0.1, 0.15) is 12.1 Å². The number of nitrogens with one attached hydrogen (secondary N) is 1. The molecule has 1 aromatic heterocycles. The van der Waals surface area contributed by atoms with Crippen molar-refractivity contribution in [2.75, 3.05) is 35.0 Å². The number of nitrogens with zero attached hydrogens (tertiary/aromatic N) is 6. The third-order valence-corrected chi connectivity index (χ3v) is 7.83. The van der Waals surface area contributed by atoms with Crippen molar-refractivity contribution in [3.8, 4) is 22.8 Å². The Kier molecular flexibility index (Phi) is 8.87. The minimum Gasteiger partial charge on any atom is -0.406 e. The smallest absolute Gasteiger partial charge is 0.406 e. The monoisotopic (exact) mass is 637 g/mol. The molecule has 234 valence electrons. The number of hydrogen-bond acceptors (Lipinski definition) is 7. The number of aryl methyl sites for hydroxylation is 1. The molecular formula is C31H30F3N7O3S. The Bertz CT molecular complexity index is 1770. The highest BCUT2D eigenvalue weighted by molar-refractivity contribution is 8.15. The molecule has 0 bridgehead atoms. The number of carbonyl (C=O) groups excluding carboxylic acids is 2. The Morgan fingerprint density at radius 2 is 1.82 bits per heavy atom. The van der Waals surface area contributed by atoms with Gasteiger partial charge in [-0.05, 0) is 78.6 Å². The van der Waals surface area contributed by atoms with Gasteiger partial charge in [0.2, 0.25) is 5.91 Å². The molecule has 45 heavy (non-hydrogen) atoms. The molecular weight excluding hydrogens is 607 g/mol. The van der Waals surface area contributed by atoms with Crippen molar-refractivity contribution in [1.82, 2.24) is 14.8 Å². The summed E-state index contributed by atoms with van der Waals surface area (Å²) in [5.74, 6) is 0.209. The van der Waals surface area contributed by atoms with Crippen LogP contribution in [0, 0.1) is 6.92 Å². The van der Waals surface area contributed by atoms with Crippen molar-refractivity contribution >= 4 is 45.9 Å². The fraction of sp³-hybridized carbons (Fsp3) is 0.258. The van der Waals surface area contributed by atoms with E-state index < -0.39 is 12.4 Å². The van der Waals surface area contributed by atoms with Gasteiger partial charge in [-0.15, -0.1) is 18.3 Å². The van der Waals surface area contributed by atoms with Crippen molar-refractivity contribution in [2.24, 2.45) is 4.99 Å². The standard InChI is InChI=1S/C31H30F3N7O3S/c1-18(2)24-12-9-22(39(4)5)15-26(24)41-27(42)16-45-30(41)37-29(43)36-25-13-6-20(14-19(25)3)28-35-17-40(38-28)21-7-10-23(11-8-21)44-31(32,33)34/h6-15,17-18H,16H2,1-5H3,(H,36,43). The summed E-state index contributed by atoms with van der Waals surface area (Å²) in [6, 6.07) is 15.8. The molecule has 1 aliphatic rings. The van der Waals surface area contributed by atoms with Crippen LogP contribution in [0.2, 0.25) is 0 Å². The third kappa shape index (κ3) is 7.28. The van der Waals surface area contributed by atoms with Crippen molar-refractivity contribution < 1.29 is 27.5 Å². The number of urea groups is 1. The molecule has 2 heterocycles. The summed E-state index contributed by atoms with van der Waals surface area (Å²) < 4.78 is 42.7. The number of benzene rings is 3. The van der Waals surface area contributed by atoms with Gasteiger partial charge in [0, 0.05) is 31.0 Å². The first-order valence-corrected chi connectivity index (χ1v) is 14.8. The van der Waals surface area contributed by atoms with E-state index in [0.29, 0.717) is 33.6 Å². The lowest BCUT2D eigenvalue weighted by Crippen LogP contribution is -2.31. The number of halogens is 3. The van der Waals surface area contributed by atoms with E-state index in [1.165, 1.54) is 51.9 Å². The van der Waals surface area contributed by atoms with Crippen LogP contribution in [0.4, 0.5) is 35.0 Å². The van der Waals surface area contributed by atoms with Crippen LogP contribution in [0.1, 0.15) is 30.9 Å². The summed E-state index contributed by atoms with van der Waals surface area (Å²) in [6.45, 7) is 5.91. The largest absolute Gasteiger partial charge is 0.573 e. The number of thioether (sulfide) groups is 1. The normalized spacial score (nSPS) is 14.4. The lowest BCUT2D eigenvalue weighted by atomic mass is 9.99. The lowest BCUT2D eigenvalue weighted by Gasteiger charge is -2.24. The summed E-state index contributed by atoms with van der Waals surface area (Å²) in [4.78, 5) is 38.1. The molecule has 0 unspecified atom stereocenters. The van der Waals surface area contributed by atoms with Crippen LogP contribution in [0.15, 0.2) is 72.0 Å². The summed E-state index contributed by atoms with van der Waals surface area (Å²) in [7, 11) is 3.84. The first kappa shape index (κ1) is 31.6. The second kappa shape index (κ2) is 12.6. The summed E-state index contributed by atoms with van der Waals surface area (Å²) in [5.41, 5.74) is 5.00. The van der Waals surface area contributed by atoms with E-state index >= 15 is 0 Å². The van der Waals surface area contributed by atoms with E-state index in [9.17, 15) is 22.8 Å². The molecule has 0 atom stereocenters. The summed E-state index contributed by atoms with van der Waals surface area (Å²) in [6.07, 6.45) is -3.33. The quantitative estimate of drug-likeness (QED) is 0.233. The Morgan fingerprint density at radius 3 is 2.47 bits per heavy atom. The number of ether oxygens (including phenoxy) is 1. The molecule has 10 nitrogen and oxygen atoms in total. The number of aliphatic imine (C=N–C) groups is 1. The molecule has 0 radical (unpaired) electrons. The highest BCUT2D eigenvalue weighted by Gasteiger charge is 2.33. The molecule has 3 aromatic carbocycles. The van der Waals surface area contributed by atoms with Gasteiger partial charge >= 0.3 is 12.4 Å². The zero-order chi connectivity index (χ0) is 32.5. The third-order valence-electron chi connectivity index (χ3n) is 6.91. The minimum absolute atomic E-state index is 0.144. The van der Waals surface area contributed by atoms with Crippen molar-refractivity contribution in [1.29, 1.82) is 0 Å². The fourth-order valence-electron chi connectivity index (χ4n) is 4.67. The van der Waals surface area contributed by atoms with E-state index in [4.69, 9.17) is 0 Å². The summed E-state index contributed by atoms with van der Waals surface area (Å²) >= 11 is 1.21. The molecule has 1 fully saturated rings. The average molecular weight is 638 g/mol. The van der Waals surface area contributed by atoms with Crippen LogP contribution < -0.4 is 19.9 Å². The zero-order valence-corrected chi connectivity index (χ0v) is 25.9. The zero-order valence-electron chi connectivity index (χ0n) is 25.1. The summed E-state index contributed by atoms with van der Waals surface area (Å²) in [5, 5.41) is 7.53. The number of anilines is 3. The Balaban J connectivity index is 1.32. The molecule has 1 saturated heterocycles. The minimum atomic E-state index is -4.77. The number of aromatic nitrogens is 3. The van der Waals surface area contributed by atoms with Gasteiger partial charge in [0.25, 0.3) is 0 Å². The number of amidine groups is 1. The first-order chi connectivity index (χ1) is 21.3. The maximum atomic E-state index is 13.1. The average Bonchev–Trinajstić information content (AvgIpc) is 3.60. The molecule has 4 aromatic rings. The van der Waals surface area contributed by atoms with Crippen LogP contribution >= 0.6 is 11.8 Å². The van der Waals surface area contributed by atoms with E-state index in [1.807, 2.05) is 58.0 Å². The highest BCUT2D eigenvalue weighted by atomic mass is 32.2. The number of hydrogen-bond donors (Lipinski definition) is 1. The maximum Gasteiger partial charge on any atom is 0.573 e. The molecule has 0 aliphatic carbocycles. The van der Waals surface area contributed by atoms with Crippen LogP contribution in [0.5, 0.6) is 5.75 Å². The van der Waals surface area contributed by atoms with Gasteiger partial charge in [-0.2, -0.15) is 4.99 Å². The Morgan fingerprint density at radius 1 is 1.09 bits per heavy atom. The van der Waals surface area contributed by atoms with Crippen LogP contribution in [-0.2, 0) is 4.79 Å². The van der Waals surface area contributed by atoms with Crippen LogP contribution in [0.25, 0.3) is 17.1 Å². The topological polar surface area (TPSA) is 105 Å². The maximum absolute atomic E-state index is 13.1. The predicted octanol–water partition coefficient (Wildman–Crippen LogP) is 7.00. The number of alkyl halides is 3. The van der Waals surface area contributed by atoms with E-state index in [-0.39, 0.29) is 23.3 Å². The fourth-order valence-corrected chi connectivity index (χ4v) is 5.53. The predicted molar refractivity (Wildman–Crippen MR) is 169 cm³/mol. The molecule has 3 amide bonds. The second-order valence-electron chi connectivity index (χ2n) is 10.7. The van der Waals surface area contributed by atoms with Gasteiger partial charge in [-0.3, -0.25) is 9.69 Å². The molecule has 14 heteroatoms. The van der Waals surface area contributed by atoms with E-state index in [0.717, 1.165) is 16.8 Å². The lowest BCUT2D eigenvalue weighted by molar-refractivity contribution is -0.274. The van der Waals surface area contributed by atoms with Gasteiger partial charge in [-0.1, -0.05) is 31.7 Å². The molecule has 1 aliphatic heterocycles. The van der Waals surface area contributed by atoms with Gasteiger partial charge in [0.15, 0.2) is 11.0 Å². The van der Waals surface area contributed by atoms with Gasteiger partial charge in [-0.25, -0.2) is 14.5 Å². The second-order valence-corrected chi connectivity index (χ2v) is 11.7. The molecule has 5 rings (SSSR count). The molecule has 0 saturated carbocycles. The van der Waals surface area contributed by atoms with Crippen molar-refractivity contribution in [3.05, 3.63) is 78.1 Å². The van der Waals surface area contributed by atoms with Gasteiger partial charge < -0.3 is 15.0 Å². The number of carbonyl (C=O) groups is 2. The van der Waals surface area contributed by atoms with Crippen molar-refractivity contribution in [2.45, 2.75) is 33.1 Å². The van der Waals surface area contributed by atoms with Crippen LogP contribution in [0.3, 0.4) is 0 Å². The molecule has 0 spiro atoms. The van der Waals surface area contributed by atoms with E-state index in [2.05, 4.69) is 25.1 Å². The molecule has 1 N–H and O–H groups in total.